The first-order chi connectivity index (χ1) is 9.54. The molecule has 1 aromatic carbocycles. The lowest BCUT2D eigenvalue weighted by molar-refractivity contribution is -0.137. The van der Waals surface area contributed by atoms with Gasteiger partial charge in [-0.15, -0.1) is 10.2 Å². The van der Waals surface area contributed by atoms with Gasteiger partial charge >= 0.3 is 5.97 Å². The van der Waals surface area contributed by atoms with E-state index in [1.165, 1.54) is 12.1 Å². The molecule has 1 aromatic heterocycles. The summed E-state index contributed by atoms with van der Waals surface area (Å²) in [5, 5.41) is 16.3. The van der Waals surface area contributed by atoms with E-state index in [4.69, 9.17) is 9.52 Å². The fourth-order valence-electron chi connectivity index (χ4n) is 1.70. The number of benzene rings is 1. The van der Waals surface area contributed by atoms with Crippen LogP contribution in [0.5, 0.6) is 0 Å². The first-order valence-corrected chi connectivity index (χ1v) is 6.84. The summed E-state index contributed by atoms with van der Waals surface area (Å²) in [5.74, 6) is -0.541. The third-order valence-corrected chi connectivity index (χ3v) is 3.07. The average molecular weight is 343 g/mol. The van der Waals surface area contributed by atoms with E-state index in [0.717, 1.165) is 0 Å². The largest absolute Gasteiger partial charge is 0.481 e. The van der Waals surface area contributed by atoms with Gasteiger partial charge < -0.3 is 9.52 Å². The third kappa shape index (κ3) is 4.12. The van der Waals surface area contributed by atoms with Crippen molar-refractivity contribution in [2.45, 2.75) is 25.7 Å². The lowest BCUT2D eigenvalue weighted by atomic mass is 10.2. The Morgan fingerprint density at radius 2 is 2.10 bits per heavy atom. The molecule has 1 heterocycles. The summed E-state index contributed by atoms with van der Waals surface area (Å²) in [6.07, 6.45) is 1.84. The van der Waals surface area contributed by atoms with Gasteiger partial charge in [-0.25, -0.2) is 4.39 Å². The molecule has 2 rings (SSSR count). The number of aliphatic carboxylic acids is 1. The van der Waals surface area contributed by atoms with Crippen LogP contribution in [0.4, 0.5) is 4.39 Å². The highest BCUT2D eigenvalue weighted by Gasteiger charge is 2.10. The van der Waals surface area contributed by atoms with E-state index < -0.39 is 11.8 Å². The molecule has 20 heavy (non-hydrogen) atoms. The van der Waals surface area contributed by atoms with Crippen molar-refractivity contribution < 1.29 is 18.7 Å². The minimum Gasteiger partial charge on any atom is -0.481 e. The molecule has 0 radical (unpaired) electrons. The first kappa shape index (κ1) is 14.6. The fraction of sp³-hybridized carbons (Fsp3) is 0.308. The summed E-state index contributed by atoms with van der Waals surface area (Å²) in [6, 6.07) is 4.34. The van der Waals surface area contributed by atoms with E-state index in [0.29, 0.717) is 35.2 Å². The number of aryl methyl sites for hydroxylation is 1. The van der Waals surface area contributed by atoms with Crippen LogP contribution >= 0.6 is 15.9 Å². The minimum atomic E-state index is -0.819. The Morgan fingerprint density at radius 1 is 1.30 bits per heavy atom. The number of carboxylic acids is 1. The molecule has 0 bridgehead atoms. The van der Waals surface area contributed by atoms with E-state index in [2.05, 4.69) is 26.1 Å². The Labute approximate surface area is 123 Å². The number of unbranched alkanes of at least 4 members (excludes halogenated alkanes) is 1. The van der Waals surface area contributed by atoms with E-state index in [1.807, 2.05) is 0 Å². The molecule has 0 aliphatic carbocycles. The van der Waals surface area contributed by atoms with E-state index in [9.17, 15) is 9.18 Å². The third-order valence-electron chi connectivity index (χ3n) is 2.61. The van der Waals surface area contributed by atoms with Gasteiger partial charge in [-0.3, -0.25) is 4.79 Å². The molecule has 0 saturated carbocycles. The van der Waals surface area contributed by atoms with Crippen LogP contribution in [0.15, 0.2) is 27.1 Å². The van der Waals surface area contributed by atoms with Crippen molar-refractivity contribution in [1.29, 1.82) is 0 Å². The van der Waals surface area contributed by atoms with E-state index in [1.54, 1.807) is 6.07 Å². The molecule has 0 fully saturated rings. The summed E-state index contributed by atoms with van der Waals surface area (Å²) in [7, 11) is 0. The molecular formula is C13H12BrFN2O3. The van der Waals surface area contributed by atoms with Crippen molar-refractivity contribution in [3.8, 4) is 11.5 Å². The molecule has 7 heteroatoms. The monoisotopic (exact) mass is 342 g/mol. The molecule has 0 unspecified atom stereocenters. The highest BCUT2D eigenvalue weighted by atomic mass is 79.9. The van der Waals surface area contributed by atoms with Gasteiger partial charge in [0.25, 0.3) is 0 Å². The van der Waals surface area contributed by atoms with Crippen LogP contribution in [-0.2, 0) is 11.2 Å². The topological polar surface area (TPSA) is 76.2 Å². The Morgan fingerprint density at radius 3 is 2.80 bits per heavy atom. The van der Waals surface area contributed by atoms with Crippen molar-refractivity contribution in [2.24, 2.45) is 0 Å². The van der Waals surface area contributed by atoms with Gasteiger partial charge in [-0.2, -0.15) is 0 Å². The Kier molecular flexibility index (Phi) is 4.84. The molecule has 0 saturated heterocycles. The molecule has 5 nitrogen and oxygen atoms in total. The SMILES string of the molecule is O=C(O)CCCCc1nnc(-c2cc(F)cc(Br)c2)o1. The van der Waals surface area contributed by atoms with Crippen LogP contribution in [0.3, 0.4) is 0 Å². The number of hydrogen-bond donors (Lipinski definition) is 1. The smallest absolute Gasteiger partial charge is 0.303 e. The zero-order chi connectivity index (χ0) is 14.5. The summed E-state index contributed by atoms with van der Waals surface area (Å²) in [5.41, 5.74) is 0.501. The second-order valence-electron chi connectivity index (χ2n) is 4.26. The number of carbonyl (C=O) groups is 1. The summed E-state index contributed by atoms with van der Waals surface area (Å²) in [4.78, 5) is 10.4. The van der Waals surface area contributed by atoms with Crippen LogP contribution in [0.25, 0.3) is 11.5 Å². The van der Waals surface area contributed by atoms with Gasteiger partial charge in [0, 0.05) is 22.9 Å². The van der Waals surface area contributed by atoms with Crippen LogP contribution in [0.2, 0.25) is 0 Å². The minimum absolute atomic E-state index is 0.123. The van der Waals surface area contributed by atoms with Gasteiger partial charge in [-0.1, -0.05) is 15.9 Å². The number of halogens is 2. The Balaban J connectivity index is 1.99. The van der Waals surface area contributed by atoms with Crippen molar-refractivity contribution in [3.63, 3.8) is 0 Å². The quantitative estimate of drug-likeness (QED) is 0.813. The Hall–Kier alpha value is -1.76. The lowest BCUT2D eigenvalue weighted by Crippen LogP contribution is -1.95. The van der Waals surface area contributed by atoms with Gasteiger partial charge in [0.2, 0.25) is 11.8 Å². The molecule has 2 aromatic rings. The van der Waals surface area contributed by atoms with Crippen LogP contribution < -0.4 is 0 Å². The number of hydrogen-bond acceptors (Lipinski definition) is 4. The number of carboxylic acid groups (broad SMARTS) is 1. The molecular weight excluding hydrogens is 331 g/mol. The van der Waals surface area contributed by atoms with E-state index >= 15 is 0 Å². The summed E-state index contributed by atoms with van der Waals surface area (Å²) < 4.78 is 19.3. The first-order valence-electron chi connectivity index (χ1n) is 6.05. The van der Waals surface area contributed by atoms with E-state index in [-0.39, 0.29) is 12.3 Å². The second kappa shape index (κ2) is 6.60. The predicted molar refractivity (Wildman–Crippen MR) is 72.6 cm³/mol. The standard InChI is InChI=1S/C13H12BrFN2O3/c14-9-5-8(6-10(15)7-9)13-17-16-11(20-13)3-1-2-4-12(18)19/h5-7H,1-4H2,(H,18,19). The molecule has 106 valence electrons. The lowest BCUT2D eigenvalue weighted by Gasteiger charge is -1.97. The maximum absolute atomic E-state index is 13.3. The average Bonchev–Trinajstić information content (AvgIpc) is 2.82. The fourth-order valence-corrected chi connectivity index (χ4v) is 2.17. The molecule has 0 atom stereocenters. The van der Waals surface area contributed by atoms with Gasteiger partial charge in [0.15, 0.2) is 0 Å². The molecule has 0 amide bonds. The molecule has 0 aliphatic heterocycles. The van der Waals surface area contributed by atoms with Gasteiger partial charge in [-0.05, 0) is 31.0 Å². The zero-order valence-corrected chi connectivity index (χ0v) is 12.1. The second-order valence-corrected chi connectivity index (χ2v) is 5.18. The Bertz CT molecular complexity index is 595. The maximum atomic E-state index is 13.3. The molecule has 1 N–H and O–H groups in total. The number of nitrogens with zero attached hydrogens (tertiary/aromatic N) is 2. The van der Waals surface area contributed by atoms with Gasteiger partial charge in [0.05, 0.1) is 0 Å². The van der Waals surface area contributed by atoms with Crippen molar-refractivity contribution in [1.82, 2.24) is 10.2 Å². The van der Waals surface area contributed by atoms with Gasteiger partial charge in [0.1, 0.15) is 5.82 Å². The predicted octanol–water partition coefficient (Wildman–Crippen LogP) is 3.44. The number of aromatic nitrogens is 2. The summed E-state index contributed by atoms with van der Waals surface area (Å²) in [6.45, 7) is 0. The summed E-state index contributed by atoms with van der Waals surface area (Å²) >= 11 is 3.20. The van der Waals surface area contributed by atoms with Crippen molar-refractivity contribution >= 4 is 21.9 Å². The van der Waals surface area contributed by atoms with Crippen LogP contribution in [0.1, 0.15) is 25.2 Å². The van der Waals surface area contributed by atoms with Crippen LogP contribution in [0, 0.1) is 5.82 Å². The van der Waals surface area contributed by atoms with Crippen LogP contribution in [-0.4, -0.2) is 21.3 Å². The number of rotatable bonds is 6. The maximum Gasteiger partial charge on any atom is 0.303 e. The molecule has 0 aliphatic rings. The highest BCUT2D eigenvalue weighted by molar-refractivity contribution is 9.10. The van der Waals surface area contributed by atoms with Crippen molar-refractivity contribution in [2.75, 3.05) is 0 Å². The highest BCUT2D eigenvalue weighted by Crippen LogP contribution is 2.24. The normalized spacial score (nSPS) is 10.7. The zero-order valence-electron chi connectivity index (χ0n) is 10.5. The molecule has 0 spiro atoms. The van der Waals surface area contributed by atoms with Crippen molar-refractivity contribution in [3.05, 3.63) is 34.4 Å².